The second-order valence-corrected chi connectivity index (χ2v) is 3.34. The van der Waals surface area contributed by atoms with E-state index in [9.17, 15) is 18.0 Å². The highest BCUT2D eigenvalue weighted by Gasteiger charge is 2.35. The summed E-state index contributed by atoms with van der Waals surface area (Å²) in [6.07, 6.45) is -4.33. The third kappa shape index (κ3) is 2.73. The lowest BCUT2D eigenvalue weighted by atomic mass is 10.1. The van der Waals surface area contributed by atoms with E-state index in [-0.39, 0.29) is 24.5 Å². The first-order chi connectivity index (χ1) is 6.29. The van der Waals surface area contributed by atoms with Crippen molar-refractivity contribution in [3.63, 3.8) is 0 Å². The molecule has 1 fully saturated rings. The average molecular weight is 209 g/mol. The summed E-state index contributed by atoms with van der Waals surface area (Å²) in [7, 11) is 0. The molecule has 0 heterocycles. The Hall–Kier alpha value is -1.04. The lowest BCUT2D eigenvalue weighted by molar-refractivity contribution is -0.141. The van der Waals surface area contributed by atoms with Gasteiger partial charge in [0.2, 0.25) is 0 Å². The molecule has 0 bridgehead atoms. The van der Waals surface area contributed by atoms with Crippen LogP contribution in [0.25, 0.3) is 0 Å². The maximum atomic E-state index is 11.9. The largest absolute Gasteiger partial charge is 0.481 e. The third-order valence-corrected chi connectivity index (χ3v) is 2.20. The second-order valence-electron chi connectivity index (χ2n) is 3.34. The summed E-state index contributed by atoms with van der Waals surface area (Å²) in [5, 5.41) is 8.58. The fourth-order valence-corrected chi connectivity index (χ4v) is 1.54. The molecule has 1 aliphatic carbocycles. The van der Waals surface area contributed by atoms with E-state index in [1.165, 1.54) is 0 Å². The van der Waals surface area contributed by atoms with Crippen molar-refractivity contribution in [3.05, 3.63) is 11.6 Å². The number of hydrogen-bond acceptors (Lipinski definition) is 2. The summed E-state index contributed by atoms with van der Waals surface area (Å²) in [6, 6.07) is -0.780. The zero-order valence-corrected chi connectivity index (χ0v) is 7.21. The molecule has 1 rings (SSSR count). The number of hydrogen-bond donors (Lipinski definition) is 2. The van der Waals surface area contributed by atoms with Crippen molar-refractivity contribution in [3.8, 4) is 0 Å². The van der Waals surface area contributed by atoms with Crippen LogP contribution >= 0.6 is 0 Å². The molecule has 6 heteroatoms. The van der Waals surface area contributed by atoms with Crippen LogP contribution in [-0.4, -0.2) is 23.3 Å². The number of aliphatic carboxylic acids is 1. The van der Waals surface area contributed by atoms with Gasteiger partial charge in [0.05, 0.1) is 5.92 Å². The van der Waals surface area contributed by atoms with Crippen LogP contribution in [0.2, 0.25) is 0 Å². The molecule has 1 saturated carbocycles. The molecule has 80 valence electrons. The van der Waals surface area contributed by atoms with E-state index in [1.807, 2.05) is 0 Å². The molecule has 0 radical (unpaired) electrons. The van der Waals surface area contributed by atoms with Gasteiger partial charge >= 0.3 is 12.1 Å². The van der Waals surface area contributed by atoms with Crippen molar-refractivity contribution in [1.82, 2.24) is 0 Å². The molecule has 14 heavy (non-hydrogen) atoms. The summed E-state index contributed by atoms with van der Waals surface area (Å²) in [5.41, 5.74) is 5.36. The minimum Gasteiger partial charge on any atom is -0.481 e. The van der Waals surface area contributed by atoms with Gasteiger partial charge in [0.15, 0.2) is 0 Å². The zero-order chi connectivity index (χ0) is 10.9. The molecule has 3 N–H and O–H groups in total. The summed E-state index contributed by atoms with van der Waals surface area (Å²) < 4.78 is 35.8. The van der Waals surface area contributed by atoms with Crippen molar-refractivity contribution in [2.45, 2.75) is 25.1 Å². The standard InChI is InChI=1S/C8H10F3NO2/c9-8(10,11)3-5-1-4(7(13)14)2-6(5)12/h3-4,6H,1-2,12H2,(H,13,14). The Balaban J connectivity index is 2.75. The topological polar surface area (TPSA) is 63.3 Å². The first-order valence-electron chi connectivity index (χ1n) is 4.06. The zero-order valence-electron chi connectivity index (χ0n) is 7.21. The molecule has 0 spiro atoms. The highest BCUT2D eigenvalue weighted by Crippen LogP contribution is 2.32. The number of alkyl halides is 3. The monoisotopic (exact) mass is 209 g/mol. The molecule has 2 unspecified atom stereocenters. The van der Waals surface area contributed by atoms with E-state index >= 15 is 0 Å². The molecular weight excluding hydrogens is 199 g/mol. The van der Waals surface area contributed by atoms with E-state index in [1.54, 1.807) is 0 Å². The van der Waals surface area contributed by atoms with Crippen LogP contribution < -0.4 is 5.73 Å². The number of carbonyl (C=O) groups is 1. The molecule has 0 aromatic carbocycles. The number of rotatable bonds is 1. The number of carboxylic acids is 1. The Labute approximate surface area is 78.4 Å². The summed E-state index contributed by atoms with van der Waals surface area (Å²) in [5.74, 6) is -1.87. The Kier molecular flexibility index (Phi) is 2.84. The minimum absolute atomic E-state index is 0.0232. The Bertz CT molecular complexity index is 272. The summed E-state index contributed by atoms with van der Waals surface area (Å²) in [6.45, 7) is 0. The molecule has 0 aromatic heterocycles. The fraction of sp³-hybridized carbons (Fsp3) is 0.625. The van der Waals surface area contributed by atoms with Crippen molar-refractivity contribution in [2.24, 2.45) is 11.7 Å². The Morgan fingerprint density at radius 1 is 1.57 bits per heavy atom. The summed E-state index contributed by atoms with van der Waals surface area (Å²) in [4.78, 5) is 10.5. The lowest BCUT2D eigenvalue weighted by Gasteiger charge is -2.06. The van der Waals surface area contributed by atoms with Crippen LogP contribution in [-0.2, 0) is 4.79 Å². The molecule has 0 aliphatic heterocycles. The van der Waals surface area contributed by atoms with Gasteiger partial charge in [0, 0.05) is 12.1 Å². The van der Waals surface area contributed by atoms with E-state index in [0.29, 0.717) is 0 Å². The molecular formula is C8H10F3NO2. The van der Waals surface area contributed by atoms with Crippen LogP contribution in [0.1, 0.15) is 12.8 Å². The smallest absolute Gasteiger partial charge is 0.409 e. The first kappa shape index (κ1) is 11.0. The Morgan fingerprint density at radius 2 is 2.14 bits per heavy atom. The minimum atomic E-state index is -4.42. The fourth-order valence-electron chi connectivity index (χ4n) is 1.54. The number of allylic oxidation sites excluding steroid dienone is 1. The third-order valence-electron chi connectivity index (χ3n) is 2.20. The summed E-state index contributed by atoms with van der Waals surface area (Å²) >= 11 is 0. The molecule has 0 aromatic rings. The van der Waals surface area contributed by atoms with Gasteiger partial charge in [-0.2, -0.15) is 13.2 Å². The van der Waals surface area contributed by atoms with Gasteiger partial charge in [-0.3, -0.25) is 4.79 Å². The molecule has 0 saturated heterocycles. The van der Waals surface area contributed by atoms with Gasteiger partial charge in [-0.05, 0) is 18.4 Å². The van der Waals surface area contributed by atoms with Crippen molar-refractivity contribution in [2.75, 3.05) is 0 Å². The van der Waals surface area contributed by atoms with Crippen LogP contribution in [0.15, 0.2) is 11.6 Å². The van der Waals surface area contributed by atoms with Gasteiger partial charge < -0.3 is 10.8 Å². The van der Waals surface area contributed by atoms with Crippen molar-refractivity contribution in [1.29, 1.82) is 0 Å². The van der Waals surface area contributed by atoms with Crippen LogP contribution in [0.3, 0.4) is 0 Å². The lowest BCUT2D eigenvalue weighted by Crippen LogP contribution is -2.20. The van der Waals surface area contributed by atoms with Crippen molar-refractivity contribution >= 4 is 5.97 Å². The maximum absolute atomic E-state index is 11.9. The first-order valence-corrected chi connectivity index (χ1v) is 4.06. The predicted molar refractivity (Wildman–Crippen MR) is 42.5 cm³/mol. The highest BCUT2D eigenvalue weighted by molar-refractivity contribution is 5.71. The molecule has 1 aliphatic rings. The molecule has 0 amide bonds. The quantitative estimate of drug-likeness (QED) is 0.640. The Morgan fingerprint density at radius 3 is 2.50 bits per heavy atom. The van der Waals surface area contributed by atoms with Gasteiger partial charge in [0.1, 0.15) is 0 Å². The van der Waals surface area contributed by atoms with Gasteiger partial charge in [-0.25, -0.2) is 0 Å². The van der Waals surface area contributed by atoms with Crippen LogP contribution in [0, 0.1) is 5.92 Å². The van der Waals surface area contributed by atoms with E-state index in [2.05, 4.69) is 0 Å². The van der Waals surface area contributed by atoms with E-state index in [0.717, 1.165) is 0 Å². The van der Waals surface area contributed by atoms with Gasteiger partial charge in [-0.1, -0.05) is 0 Å². The number of carboxylic acid groups (broad SMARTS) is 1. The average Bonchev–Trinajstić information content (AvgIpc) is 2.29. The van der Waals surface area contributed by atoms with E-state index < -0.39 is 24.1 Å². The van der Waals surface area contributed by atoms with Gasteiger partial charge in [-0.15, -0.1) is 0 Å². The number of halogens is 3. The predicted octanol–water partition coefficient (Wildman–Crippen LogP) is 1.30. The molecule has 3 nitrogen and oxygen atoms in total. The SMILES string of the molecule is NC1CC(C(=O)O)CC1=CC(F)(F)F. The number of nitrogens with two attached hydrogens (primary N) is 1. The highest BCUT2D eigenvalue weighted by atomic mass is 19.4. The maximum Gasteiger partial charge on any atom is 0.409 e. The molecule has 2 atom stereocenters. The van der Waals surface area contributed by atoms with Crippen LogP contribution in [0.5, 0.6) is 0 Å². The van der Waals surface area contributed by atoms with Crippen molar-refractivity contribution < 1.29 is 23.1 Å². The second kappa shape index (κ2) is 3.61. The normalized spacial score (nSPS) is 31.0. The van der Waals surface area contributed by atoms with Gasteiger partial charge in [0.25, 0.3) is 0 Å². The van der Waals surface area contributed by atoms with Crippen LogP contribution in [0.4, 0.5) is 13.2 Å². The van der Waals surface area contributed by atoms with E-state index in [4.69, 9.17) is 10.8 Å².